The van der Waals surface area contributed by atoms with E-state index in [4.69, 9.17) is 9.98 Å². The lowest BCUT2D eigenvalue weighted by atomic mass is 10.2. The van der Waals surface area contributed by atoms with E-state index in [1.807, 2.05) is 18.2 Å². The number of aromatic nitrogens is 6. The van der Waals surface area contributed by atoms with Gasteiger partial charge in [-0.2, -0.15) is 9.61 Å². The molecule has 4 heterocycles. The third-order valence-electron chi connectivity index (χ3n) is 4.33. The minimum absolute atomic E-state index is 0.231. The lowest BCUT2D eigenvalue weighted by molar-refractivity contribution is 0.454. The maximum Gasteiger partial charge on any atom is 0.326 e. The van der Waals surface area contributed by atoms with Gasteiger partial charge in [-0.05, 0) is 31.1 Å². The molecule has 0 saturated heterocycles. The molecule has 27 heavy (non-hydrogen) atoms. The second kappa shape index (κ2) is 5.90. The molecule has 9 heteroatoms. The van der Waals surface area contributed by atoms with Gasteiger partial charge in [0.25, 0.3) is 0 Å². The summed E-state index contributed by atoms with van der Waals surface area (Å²) in [4.78, 5) is 29.8. The summed E-state index contributed by atoms with van der Waals surface area (Å²) in [5, 5.41) is 14.9. The fourth-order valence-electron chi connectivity index (χ4n) is 2.86. The van der Waals surface area contributed by atoms with Gasteiger partial charge in [-0.3, -0.25) is 15.0 Å². The molecule has 0 unspecified atom stereocenters. The zero-order valence-electron chi connectivity index (χ0n) is 14.1. The Kier molecular flexibility index (Phi) is 3.39. The largest absolute Gasteiger partial charge is 0.493 e. The molecule has 0 amide bonds. The number of pyridine rings is 1. The van der Waals surface area contributed by atoms with Crippen LogP contribution in [-0.4, -0.2) is 40.7 Å². The normalized spacial score (nSPS) is 15.7. The van der Waals surface area contributed by atoms with Crippen molar-refractivity contribution in [1.82, 2.24) is 29.5 Å². The monoisotopic (exact) mass is 361 g/mol. The second-order valence-corrected chi connectivity index (χ2v) is 6.42. The van der Waals surface area contributed by atoms with E-state index in [1.165, 1.54) is 0 Å². The van der Waals surface area contributed by atoms with Crippen molar-refractivity contribution in [3.05, 3.63) is 63.7 Å². The molecule has 0 bridgehead atoms. The van der Waals surface area contributed by atoms with E-state index in [0.29, 0.717) is 22.4 Å². The van der Waals surface area contributed by atoms with Crippen molar-refractivity contribution >= 4 is 11.7 Å². The summed E-state index contributed by atoms with van der Waals surface area (Å²) in [6, 6.07) is 6.00. The zero-order chi connectivity index (χ0) is 18.4. The van der Waals surface area contributed by atoms with Crippen molar-refractivity contribution in [1.29, 1.82) is 0 Å². The van der Waals surface area contributed by atoms with Crippen LogP contribution in [0.4, 0.5) is 0 Å². The standard InChI is InChI=1S/C18H15N7O2/c26-17-14(23-18(27)24-17)6-11-9-20-25-15(21-12-3-4-12)7-13(22-16(11)25)10-2-1-5-19-8-10/h1-2,5-9,12,26H,3-4H2,(H2,23,24,27). The Balaban J connectivity index is 1.79. The number of H-pyrrole nitrogens is 2. The smallest absolute Gasteiger partial charge is 0.326 e. The molecular formula is C18H15N7O2. The first-order chi connectivity index (χ1) is 13.2. The molecule has 1 aliphatic rings. The second-order valence-electron chi connectivity index (χ2n) is 6.42. The van der Waals surface area contributed by atoms with Crippen LogP contribution in [0, 0.1) is 0 Å². The molecule has 4 aromatic heterocycles. The third kappa shape index (κ3) is 2.88. The predicted molar refractivity (Wildman–Crippen MR) is 96.7 cm³/mol. The topological polar surface area (TPSA) is 124 Å². The van der Waals surface area contributed by atoms with Crippen molar-refractivity contribution in [2.75, 3.05) is 0 Å². The highest BCUT2D eigenvalue weighted by molar-refractivity contribution is 5.62. The number of nitrogens with zero attached hydrogens (tertiary/aromatic N) is 5. The van der Waals surface area contributed by atoms with Gasteiger partial charge in [0, 0.05) is 29.2 Å². The maximum atomic E-state index is 11.4. The van der Waals surface area contributed by atoms with Gasteiger partial charge < -0.3 is 10.1 Å². The van der Waals surface area contributed by atoms with Gasteiger partial charge in [0.05, 0.1) is 17.9 Å². The number of hydrogen-bond donors (Lipinski definition) is 3. The first-order valence-electron chi connectivity index (χ1n) is 8.53. The fraction of sp³-hybridized carbons (Fsp3) is 0.167. The molecule has 3 N–H and O–H groups in total. The first kappa shape index (κ1) is 15.5. The number of hydrogen-bond acceptors (Lipinski definition) is 6. The van der Waals surface area contributed by atoms with Crippen LogP contribution >= 0.6 is 0 Å². The van der Waals surface area contributed by atoms with E-state index in [2.05, 4.69) is 20.1 Å². The average molecular weight is 361 g/mol. The number of rotatable bonds is 3. The SMILES string of the molecule is O=c1[nH]c(O)c(C=c2cnn3c(=NC4CC4)cc(-c4cccnc4)nc23)[nH]1. The predicted octanol–water partition coefficient (Wildman–Crippen LogP) is 0.124. The molecule has 1 saturated carbocycles. The van der Waals surface area contributed by atoms with Crippen molar-refractivity contribution in [2.45, 2.75) is 18.9 Å². The van der Waals surface area contributed by atoms with Gasteiger partial charge in [0.2, 0.25) is 5.88 Å². The molecule has 9 nitrogen and oxygen atoms in total. The van der Waals surface area contributed by atoms with Crippen LogP contribution in [0.5, 0.6) is 5.88 Å². The lowest BCUT2D eigenvalue weighted by Gasteiger charge is -2.02. The van der Waals surface area contributed by atoms with Crippen LogP contribution in [0.2, 0.25) is 0 Å². The van der Waals surface area contributed by atoms with Crippen molar-refractivity contribution < 1.29 is 5.11 Å². The van der Waals surface area contributed by atoms with Gasteiger partial charge in [0.15, 0.2) is 11.1 Å². The molecule has 134 valence electrons. The Morgan fingerprint density at radius 1 is 1.30 bits per heavy atom. The number of fused-ring (bicyclic) bond motifs is 1. The van der Waals surface area contributed by atoms with Gasteiger partial charge in [-0.15, -0.1) is 0 Å². The molecule has 1 fully saturated rings. The molecule has 5 rings (SSSR count). The van der Waals surface area contributed by atoms with Gasteiger partial charge in [-0.1, -0.05) is 0 Å². The van der Waals surface area contributed by atoms with Crippen molar-refractivity contribution in [2.24, 2.45) is 4.99 Å². The fourth-order valence-corrected chi connectivity index (χ4v) is 2.86. The molecule has 1 aliphatic carbocycles. The summed E-state index contributed by atoms with van der Waals surface area (Å²) >= 11 is 0. The minimum Gasteiger partial charge on any atom is -0.493 e. The first-order valence-corrected chi connectivity index (χ1v) is 8.53. The third-order valence-corrected chi connectivity index (χ3v) is 4.33. The Bertz CT molecular complexity index is 1310. The van der Waals surface area contributed by atoms with E-state index >= 15 is 0 Å². The lowest BCUT2D eigenvalue weighted by Crippen LogP contribution is -2.19. The van der Waals surface area contributed by atoms with Crippen LogP contribution in [0.3, 0.4) is 0 Å². The zero-order valence-corrected chi connectivity index (χ0v) is 14.1. The molecule has 0 atom stereocenters. The van der Waals surface area contributed by atoms with Crippen molar-refractivity contribution in [3.63, 3.8) is 0 Å². The van der Waals surface area contributed by atoms with Crippen LogP contribution in [0.25, 0.3) is 23.0 Å². The summed E-state index contributed by atoms with van der Waals surface area (Å²) in [6.45, 7) is 0. The number of aromatic hydroxyl groups is 1. The van der Waals surface area contributed by atoms with Crippen LogP contribution in [0.1, 0.15) is 18.5 Å². The Hall–Kier alpha value is -3.75. The van der Waals surface area contributed by atoms with E-state index < -0.39 is 5.69 Å². The van der Waals surface area contributed by atoms with Crippen molar-refractivity contribution in [3.8, 4) is 17.1 Å². The molecular weight excluding hydrogens is 346 g/mol. The summed E-state index contributed by atoms with van der Waals surface area (Å²) in [5.41, 5.74) is 2.69. The highest BCUT2D eigenvalue weighted by atomic mass is 16.3. The summed E-state index contributed by atoms with van der Waals surface area (Å²) < 4.78 is 1.67. The highest BCUT2D eigenvalue weighted by Crippen LogP contribution is 2.22. The molecule has 4 aromatic rings. The average Bonchev–Trinajstić information content (AvgIpc) is 3.31. The summed E-state index contributed by atoms with van der Waals surface area (Å²) in [6.07, 6.45) is 8.85. The van der Waals surface area contributed by atoms with E-state index in [-0.39, 0.29) is 11.6 Å². The Labute approximate surface area is 151 Å². The molecule has 0 aliphatic heterocycles. The van der Waals surface area contributed by atoms with Crippen LogP contribution in [0.15, 0.2) is 46.6 Å². The maximum absolute atomic E-state index is 11.4. The van der Waals surface area contributed by atoms with Crippen LogP contribution < -0.4 is 16.4 Å². The number of nitrogens with one attached hydrogen (secondary N) is 2. The number of imidazole rings is 1. The quantitative estimate of drug-likeness (QED) is 0.478. The van der Waals surface area contributed by atoms with E-state index in [1.54, 1.807) is 29.2 Å². The van der Waals surface area contributed by atoms with Gasteiger partial charge in [0.1, 0.15) is 5.69 Å². The number of aromatic amines is 2. The van der Waals surface area contributed by atoms with Gasteiger partial charge in [-0.25, -0.2) is 9.78 Å². The summed E-state index contributed by atoms with van der Waals surface area (Å²) in [7, 11) is 0. The molecule has 0 aromatic carbocycles. The Morgan fingerprint density at radius 2 is 2.19 bits per heavy atom. The van der Waals surface area contributed by atoms with Crippen LogP contribution in [-0.2, 0) is 0 Å². The van der Waals surface area contributed by atoms with E-state index in [9.17, 15) is 9.90 Å². The van der Waals surface area contributed by atoms with Gasteiger partial charge >= 0.3 is 5.69 Å². The molecule has 0 radical (unpaired) electrons. The summed E-state index contributed by atoms with van der Waals surface area (Å²) in [5.74, 6) is -0.231. The van der Waals surface area contributed by atoms with E-state index in [0.717, 1.165) is 24.1 Å². The minimum atomic E-state index is -0.483. The Morgan fingerprint density at radius 3 is 2.89 bits per heavy atom. The highest BCUT2D eigenvalue weighted by Gasteiger charge is 2.20. The molecule has 0 spiro atoms.